The van der Waals surface area contributed by atoms with Crippen molar-refractivity contribution in [2.45, 2.75) is 149 Å². The Balaban J connectivity index is 0.926. The molecular formula is C42H69N3O6. The smallest absolute Gasteiger partial charge is 0.410 e. The highest BCUT2D eigenvalue weighted by atomic mass is 16.7. The van der Waals surface area contributed by atoms with E-state index < -0.39 is 6.10 Å². The first-order valence-corrected chi connectivity index (χ1v) is 21.1. The van der Waals surface area contributed by atoms with Crippen LogP contribution in [0.15, 0.2) is 0 Å². The predicted octanol–water partition coefficient (Wildman–Crippen LogP) is 6.02. The molecule has 9 aliphatic rings. The van der Waals surface area contributed by atoms with Crippen LogP contribution in [0.4, 0.5) is 4.79 Å². The summed E-state index contributed by atoms with van der Waals surface area (Å²) in [5.74, 6) is 2.00. The zero-order valence-corrected chi connectivity index (χ0v) is 33.1. The Hall–Kier alpha value is -0.970. The number of amides is 1. The fourth-order valence-electron chi connectivity index (χ4n) is 15.2. The van der Waals surface area contributed by atoms with Gasteiger partial charge in [0.1, 0.15) is 6.10 Å². The monoisotopic (exact) mass is 712 g/mol. The minimum Gasteiger partial charge on any atom is -0.443 e. The number of hydrogen-bond acceptors (Lipinski definition) is 8. The van der Waals surface area contributed by atoms with E-state index >= 15 is 0 Å². The van der Waals surface area contributed by atoms with Crippen LogP contribution in [0.5, 0.6) is 0 Å². The molecule has 4 saturated heterocycles. The highest BCUT2D eigenvalue weighted by Gasteiger charge is 2.84. The Morgan fingerprint density at radius 2 is 1.67 bits per heavy atom. The number of carbonyl (C=O) groups excluding carboxylic acids is 1. The lowest BCUT2D eigenvalue weighted by atomic mass is 9.41. The SMILES string of the molecule is CC(C)[C@@H](OC(=O)N1CCC1)[C@H]1C[C@@H](C)[C@H]2[C@H](O1)[C@H](O)[C@@]1(C)[C@@H]3CC[C@H]4C(C)(C)[C@@H](O[C@H]5CN(C6CN(C)C6)CCO5)CC[C@@]45C[C@@]35CC[C@]21C. The van der Waals surface area contributed by atoms with Crippen molar-refractivity contribution < 1.29 is 28.8 Å². The van der Waals surface area contributed by atoms with Crippen molar-refractivity contribution in [3.8, 4) is 0 Å². The maximum atomic E-state index is 13.0. The number of aliphatic hydroxyl groups is 1. The average Bonchev–Trinajstić information content (AvgIpc) is 3.67. The van der Waals surface area contributed by atoms with Crippen molar-refractivity contribution in [2.75, 3.05) is 52.9 Å². The molecule has 1 N–H and O–H groups in total. The van der Waals surface area contributed by atoms with Gasteiger partial charge in [-0.2, -0.15) is 0 Å². The summed E-state index contributed by atoms with van der Waals surface area (Å²) < 4.78 is 26.5. The molecule has 14 atom stereocenters. The van der Waals surface area contributed by atoms with Gasteiger partial charge in [0.25, 0.3) is 0 Å². The van der Waals surface area contributed by atoms with E-state index in [4.69, 9.17) is 18.9 Å². The number of ether oxygens (including phenoxy) is 4. The second-order valence-corrected chi connectivity index (χ2v) is 20.8. The molecule has 9 heteroatoms. The molecule has 0 aromatic carbocycles. The quantitative estimate of drug-likeness (QED) is 0.358. The van der Waals surface area contributed by atoms with Crippen molar-refractivity contribution in [1.29, 1.82) is 0 Å². The minimum absolute atomic E-state index is 0.0188. The number of aliphatic hydroxyl groups excluding tert-OH is 1. The van der Waals surface area contributed by atoms with E-state index in [9.17, 15) is 9.90 Å². The summed E-state index contributed by atoms with van der Waals surface area (Å²) in [5, 5.41) is 12.7. The number of nitrogens with zero attached hydrogens (tertiary/aromatic N) is 3. The Bertz CT molecular complexity index is 1370. The number of morpholine rings is 1. The number of rotatable bonds is 6. The second kappa shape index (κ2) is 12.0. The molecule has 0 bridgehead atoms. The second-order valence-electron chi connectivity index (χ2n) is 20.8. The van der Waals surface area contributed by atoms with E-state index in [1.54, 1.807) is 4.90 Å². The fourth-order valence-corrected chi connectivity index (χ4v) is 15.2. The molecule has 1 amide bonds. The Kier molecular flexibility index (Phi) is 8.41. The molecule has 9 nitrogen and oxygen atoms in total. The Labute approximate surface area is 307 Å². The summed E-state index contributed by atoms with van der Waals surface area (Å²) >= 11 is 0. The number of fused-ring (bicyclic) bond motifs is 4. The zero-order valence-electron chi connectivity index (χ0n) is 33.1. The first-order chi connectivity index (χ1) is 24.2. The molecule has 5 aliphatic carbocycles. The third-order valence-corrected chi connectivity index (χ3v) is 18.1. The van der Waals surface area contributed by atoms with Crippen LogP contribution in [0.2, 0.25) is 0 Å². The lowest BCUT2D eigenvalue weighted by Gasteiger charge is -2.64. The number of likely N-dealkylation sites (tertiary alicyclic amines) is 2. The summed E-state index contributed by atoms with van der Waals surface area (Å²) in [5.41, 5.74) is 0.571. The minimum atomic E-state index is -0.512. The Morgan fingerprint density at radius 3 is 2.35 bits per heavy atom. The lowest BCUT2D eigenvalue weighted by Crippen LogP contribution is -2.62. The molecule has 5 saturated carbocycles. The normalized spacial score (nSPS) is 51.3. The molecule has 2 spiro atoms. The molecule has 288 valence electrons. The van der Waals surface area contributed by atoms with Crippen LogP contribution in [0.3, 0.4) is 0 Å². The molecule has 51 heavy (non-hydrogen) atoms. The molecule has 9 fully saturated rings. The van der Waals surface area contributed by atoms with Crippen molar-refractivity contribution >= 4 is 6.09 Å². The van der Waals surface area contributed by atoms with Crippen molar-refractivity contribution in [2.24, 2.45) is 56.7 Å². The van der Waals surface area contributed by atoms with Gasteiger partial charge < -0.3 is 33.9 Å². The molecule has 0 aromatic heterocycles. The highest BCUT2D eigenvalue weighted by molar-refractivity contribution is 5.68. The van der Waals surface area contributed by atoms with Crippen LogP contribution in [-0.4, -0.2) is 122 Å². The fraction of sp³-hybridized carbons (Fsp3) is 0.976. The molecule has 4 heterocycles. The summed E-state index contributed by atoms with van der Waals surface area (Å²) in [4.78, 5) is 19.8. The van der Waals surface area contributed by atoms with Gasteiger partial charge in [0.15, 0.2) is 6.29 Å². The summed E-state index contributed by atoms with van der Waals surface area (Å²) in [6.07, 6.45) is 9.17. The van der Waals surface area contributed by atoms with E-state index in [1.807, 2.05) is 0 Å². The Morgan fingerprint density at radius 1 is 0.941 bits per heavy atom. The first kappa shape index (κ1) is 35.7. The van der Waals surface area contributed by atoms with Crippen LogP contribution >= 0.6 is 0 Å². The maximum absolute atomic E-state index is 13.0. The van der Waals surface area contributed by atoms with E-state index in [1.165, 1.54) is 38.5 Å². The van der Waals surface area contributed by atoms with Gasteiger partial charge in [-0.3, -0.25) is 4.90 Å². The van der Waals surface area contributed by atoms with Gasteiger partial charge in [0.2, 0.25) is 0 Å². The van der Waals surface area contributed by atoms with Crippen LogP contribution in [-0.2, 0) is 18.9 Å². The van der Waals surface area contributed by atoms with Crippen LogP contribution in [0, 0.1) is 56.7 Å². The van der Waals surface area contributed by atoms with Crippen LogP contribution in [0.25, 0.3) is 0 Å². The number of likely N-dealkylation sites (N-methyl/N-ethyl adjacent to an activating group) is 1. The summed E-state index contributed by atoms with van der Waals surface area (Å²) in [6.45, 7) is 23.3. The van der Waals surface area contributed by atoms with Crippen molar-refractivity contribution in [1.82, 2.24) is 14.7 Å². The topological polar surface area (TPSA) is 83.9 Å². The van der Waals surface area contributed by atoms with Gasteiger partial charge in [0, 0.05) is 50.7 Å². The maximum Gasteiger partial charge on any atom is 0.410 e. The van der Waals surface area contributed by atoms with Gasteiger partial charge >= 0.3 is 6.09 Å². The molecule has 0 radical (unpaired) electrons. The third-order valence-electron chi connectivity index (χ3n) is 18.1. The third kappa shape index (κ3) is 4.88. The average molecular weight is 712 g/mol. The lowest BCUT2D eigenvalue weighted by molar-refractivity contribution is -0.253. The van der Waals surface area contributed by atoms with Crippen molar-refractivity contribution in [3.63, 3.8) is 0 Å². The van der Waals surface area contributed by atoms with Gasteiger partial charge in [-0.15, -0.1) is 0 Å². The van der Waals surface area contributed by atoms with E-state index in [-0.39, 0.29) is 59.0 Å². The van der Waals surface area contributed by atoms with Gasteiger partial charge in [0.05, 0.1) is 31.0 Å². The van der Waals surface area contributed by atoms with E-state index in [0.29, 0.717) is 40.5 Å². The molecule has 0 unspecified atom stereocenters. The van der Waals surface area contributed by atoms with Gasteiger partial charge in [-0.1, -0.05) is 48.5 Å². The zero-order chi connectivity index (χ0) is 35.9. The number of hydrogen-bond donors (Lipinski definition) is 1. The molecule has 9 rings (SSSR count). The van der Waals surface area contributed by atoms with Gasteiger partial charge in [-0.25, -0.2) is 4.79 Å². The van der Waals surface area contributed by atoms with Crippen molar-refractivity contribution in [3.05, 3.63) is 0 Å². The predicted molar refractivity (Wildman–Crippen MR) is 195 cm³/mol. The summed E-state index contributed by atoms with van der Waals surface area (Å²) in [6, 6.07) is 0.644. The first-order valence-electron chi connectivity index (χ1n) is 21.1. The number of carbonyl (C=O) groups is 1. The molecule has 4 aliphatic heterocycles. The van der Waals surface area contributed by atoms with Crippen LogP contribution in [0.1, 0.15) is 106 Å². The van der Waals surface area contributed by atoms with Gasteiger partial charge in [-0.05, 0) is 116 Å². The van der Waals surface area contributed by atoms with Crippen LogP contribution < -0.4 is 0 Å². The summed E-state index contributed by atoms with van der Waals surface area (Å²) in [7, 11) is 2.21. The van der Waals surface area contributed by atoms with E-state index in [0.717, 1.165) is 65.1 Å². The standard InChI is InChI=1S/C42H69N3O6/c1-25(2)34(51-37(47)44-16-9-17-44)28-20-26(3)33-35(49-28)36(46)40(7)30-11-10-29-38(4,5)31(12-13-41(29)24-42(30,41)15-14-39(33,40)6)50-32-23-45(18-19-48-32)27-21-43(8)22-27/h25-36,46H,9-24H2,1-8H3/t26-,28-,29+,30+,31+,32+,33+,34-,35+,36+,39-,40-,41-,42+/m1/s1. The van der Waals surface area contributed by atoms with E-state index in [2.05, 4.69) is 65.3 Å². The molecule has 0 aromatic rings. The molecular weight excluding hydrogens is 642 g/mol. The largest absolute Gasteiger partial charge is 0.443 e. The highest BCUT2D eigenvalue weighted by Crippen LogP contribution is 2.89.